The van der Waals surface area contributed by atoms with E-state index in [2.05, 4.69) is 5.32 Å². The van der Waals surface area contributed by atoms with Gasteiger partial charge in [0.1, 0.15) is 18.4 Å². The van der Waals surface area contributed by atoms with Crippen molar-refractivity contribution in [3.8, 4) is 11.5 Å². The number of fused-ring (bicyclic) bond motifs is 1. The lowest BCUT2D eigenvalue weighted by Crippen LogP contribution is -2.53. The van der Waals surface area contributed by atoms with Gasteiger partial charge in [-0.05, 0) is 37.1 Å². The zero-order chi connectivity index (χ0) is 30.1. The first kappa shape index (κ1) is 30.8. The van der Waals surface area contributed by atoms with Crippen LogP contribution < -0.4 is 19.1 Å². The second-order valence-corrected chi connectivity index (χ2v) is 12.1. The Labute approximate surface area is 246 Å². The zero-order valence-electron chi connectivity index (χ0n) is 23.8. The molecule has 42 heavy (non-hydrogen) atoms. The smallest absolute Gasteiger partial charge is 0.244 e. The SMILES string of the molecule is CCCCNC(=O)[C@H](Cc1ccccc1)N(Cc1ccccc1F)C(=O)CN(c1ccc2c(c1)OCO2)S(=O)(=O)CC. The van der Waals surface area contributed by atoms with Crippen molar-refractivity contribution in [1.29, 1.82) is 0 Å². The Bertz CT molecular complexity index is 1480. The number of nitrogens with zero attached hydrogens (tertiary/aromatic N) is 2. The molecule has 0 aromatic heterocycles. The number of halogens is 1. The van der Waals surface area contributed by atoms with Crippen LogP contribution in [0.3, 0.4) is 0 Å². The summed E-state index contributed by atoms with van der Waals surface area (Å²) in [7, 11) is -3.95. The molecule has 0 aliphatic carbocycles. The quantitative estimate of drug-likeness (QED) is 0.279. The Balaban J connectivity index is 1.74. The van der Waals surface area contributed by atoms with E-state index >= 15 is 0 Å². The Morgan fingerprint density at radius 1 is 0.976 bits per heavy atom. The maximum absolute atomic E-state index is 14.9. The highest BCUT2D eigenvalue weighted by molar-refractivity contribution is 7.92. The highest BCUT2D eigenvalue weighted by Gasteiger charge is 2.34. The number of ether oxygens (including phenoxy) is 2. The van der Waals surface area contributed by atoms with Gasteiger partial charge in [-0.1, -0.05) is 61.9 Å². The van der Waals surface area contributed by atoms with E-state index < -0.39 is 40.2 Å². The average molecular weight is 598 g/mol. The third-order valence-corrected chi connectivity index (χ3v) is 8.76. The summed E-state index contributed by atoms with van der Waals surface area (Å²) >= 11 is 0. The summed E-state index contributed by atoms with van der Waals surface area (Å²) in [5.74, 6) is -1.03. The van der Waals surface area contributed by atoms with E-state index in [4.69, 9.17) is 9.47 Å². The standard InChI is InChI=1S/C31H36FN3O6S/c1-3-5-17-33-31(37)27(18-23-11-7-6-8-12-23)34(20-24-13-9-10-14-26(24)32)30(36)21-35(42(38,39)4-2)25-15-16-28-29(19-25)41-22-40-28/h6-16,19,27H,3-5,17-18,20-22H2,1-2H3,(H,33,37)/t27-/m0/s1. The molecule has 0 unspecified atom stereocenters. The summed E-state index contributed by atoms with van der Waals surface area (Å²) < 4.78 is 53.2. The van der Waals surface area contributed by atoms with Crippen molar-refractivity contribution in [2.75, 3.05) is 29.9 Å². The first-order valence-corrected chi connectivity index (χ1v) is 15.6. The molecule has 3 aromatic rings. The Morgan fingerprint density at radius 3 is 2.40 bits per heavy atom. The molecule has 0 saturated heterocycles. The van der Waals surface area contributed by atoms with Gasteiger partial charge in [-0.25, -0.2) is 12.8 Å². The lowest BCUT2D eigenvalue weighted by atomic mass is 10.0. The molecule has 2 amide bonds. The van der Waals surface area contributed by atoms with Gasteiger partial charge in [0.15, 0.2) is 11.5 Å². The van der Waals surface area contributed by atoms with Crippen LogP contribution in [0.1, 0.15) is 37.8 Å². The second-order valence-electron chi connectivity index (χ2n) is 9.91. The molecule has 1 aliphatic heterocycles. The Morgan fingerprint density at radius 2 is 1.69 bits per heavy atom. The second kappa shape index (κ2) is 14.2. The van der Waals surface area contributed by atoms with E-state index in [1.54, 1.807) is 24.3 Å². The number of benzene rings is 3. The van der Waals surface area contributed by atoms with Crippen LogP contribution in [0.15, 0.2) is 72.8 Å². The summed E-state index contributed by atoms with van der Waals surface area (Å²) in [5.41, 5.74) is 1.22. The maximum Gasteiger partial charge on any atom is 0.244 e. The molecule has 224 valence electrons. The van der Waals surface area contributed by atoms with E-state index in [1.165, 1.54) is 30.0 Å². The van der Waals surface area contributed by atoms with E-state index in [0.29, 0.717) is 18.0 Å². The van der Waals surface area contributed by atoms with Crippen LogP contribution in [0.4, 0.5) is 10.1 Å². The van der Waals surface area contributed by atoms with Crippen LogP contribution in [0, 0.1) is 5.82 Å². The molecule has 1 N–H and O–H groups in total. The van der Waals surface area contributed by atoms with Crippen molar-refractivity contribution in [3.63, 3.8) is 0 Å². The zero-order valence-corrected chi connectivity index (χ0v) is 24.6. The summed E-state index contributed by atoms with van der Waals surface area (Å²) in [6.07, 6.45) is 1.77. The molecule has 4 rings (SSSR count). The van der Waals surface area contributed by atoms with Crippen LogP contribution >= 0.6 is 0 Å². The topological polar surface area (TPSA) is 105 Å². The number of hydrogen-bond acceptors (Lipinski definition) is 6. The van der Waals surface area contributed by atoms with Crippen LogP contribution in [-0.2, 0) is 32.6 Å². The molecule has 1 aliphatic rings. The van der Waals surface area contributed by atoms with Crippen LogP contribution in [-0.4, -0.2) is 56.8 Å². The first-order valence-electron chi connectivity index (χ1n) is 14.0. The van der Waals surface area contributed by atoms with E-state index in [-0.39, 0.29) is 36.8 Å². The first-order chi connectivity index (χ1) is 20.2. The van der Waals surface area contributed by atoms with Gasteiger partial charge in [-0.2, -0.15) is 0 Å². The summed E-state index contributed by atoms with van der Waals surface area (Å²) in [4.78, 5) is 29.1. The molecule has 9 nitrogen and oxygen atoms in total. The third-order valence-electron chi connectivity index (χ3n) is 7.02. The molecule has 11 heteroatoms. The average Bonchev–Trinajstić information content (AvgIpc) is 3.47. The van der Waals surface area contributed by atoms with Gasteiger partial charge in [0, 0.05) is 31.1 Å². The van der Waals surface area contributed by atoms with Crippen molar-refractivity contribution in [2.45, 2.75) is 45.7 Å². The fourth-order valence-electron chi connectivity index (χ4n) is 4.63. The van der Waals surface area contributed by atoms with Crippen LogP contribution in [0.2, 0.25) is 0 Å². The fourth-order valence-corrected chi connectivity index (χ4v) is 5.68. The molecular formula is C31H36FN3O6S. The lowest BCUT2D eigenvalue weighted by molar-refractivity contribution is -0.140. The minimum atomic E-state index is -3.95. The van der Waals surface area contributed by atoms with Crippen molar-refractivity contribution < 1.29 is 31.9 Å². The molecule has 3 aromatic carbocycles. The molecule has 0 bridgehead atoms. The minimum Gasteiger partial charge on any atom is -0.454 e. The molecule has 1 heterocycles. The van der Waals surface area contributed by atoms with E-state index in [9.17, 15) is 22.4 Å². The number of hydrogen-bond donors (Lipinski definition) is 1. The molecule has 1 atom stereocenters. The van der Waals surface area contributed by atoms with Crippen LogP contribution in [0.25, 0.3) is 0 Å². The minimum absolute atomic E-state index is 0.00295. The number of carbonyl (C=O) groups is 2. The number of carbonyl (C=O) groups excluding carboxylic acids is 2. The fraction of sp³-hybridized carbons (Fsp3) is 0.355. The van der Waals surface area contributed by atoms with Crippen molar-refractivity contribution >= 4 is 27.5 Å². The van der Waals surface area contributed by atoms with Gasteiger partial charge in [-0.15, -0.1) is 0 Å². The summed E-state index contributed by atoms with van der Waals surface area (Å²) in [6, 6.07) is 18.8. The molecule has 0 radical (unpaired) electrons. The number of amides is 2. The number of unbranched alkanes of at least 4 members (excludes halogenated alkanes) is 1. The monoisotopic (exact) mass is 597 g/mol. The third kappa shape index (κ3) is 7.58. The van der Waals surface area contributed by atoms with Gasteiger partial charge in [-0.3, -0.25) is 13.9 Å². The van der Waals surface area contributed by atoms with Crippen molar-refractivity contribution in [2.24, 2.45) is 0 Å². The number of anilines is 1. The van der Waals surface area contributed by atoms with Crippen LogP contribution in [0.5, 0.6) is 11.5 Å². The van der Waals surface area contributed by atoms with Gasteiger partial charge in [0.05, 0.1) is 11.4 Å². The van der Waals surface area contributed by atoms with E-state index in [1.807, 2.05) is 37.3 Å². The number of rotatable bonds is 14. The lowest BCUT2D eigenvalue weighted by Gasteiger charge is -2.34. The molecule has 0 spiro atoms. The predicted octanol–water partition coefficient (Wildman–Crippen LogP) is 4.27. The predicted molar refractivity (Wildman–Crippen MR) is 158 cm³/mol. The van der Waals surface area contributed by atoms with Crippen molar-refractivity contribution in [1.82, 2.24) is 10.2 Å². The summed E-state index contributed by atoms with van der Waals surface area (Å²) in [6.45, 7) is 3.07. The number of sulfonamides is 1. The van der Waals surface area contributed by atoms with Gasteiger partial charge in [0.2, 0.25) is 28.6 Å². The highest BCUT2D eigenvalue weighted by Crippen LogP contribution is 2.36. The highest BCUT2D eigenvalue weighted by atomic mass is 32.2. The Hall–Kier alpha value is -4.12. The number of nitrogens with one attached hydrogen (secondary N) is 1. The van der Waals surface area contributed by atoms with Gasteiger partial charge >= 0.3 is 0 Å². The van der Waals surface area contributed by atoms with Gasteiger partial charge < -0.3 is 19.7 Å². The Kier molecular flexibility index (Phi) is 10.4. The van der Waals surface area contributed by atoms with Crippen molar-refractivity contribution in [3.05, 3.63) is 89.7 Å². The summed E-state index contributed by atoms with van der Waals surface area (Å²) in [5, 5.41) is 2.91. The molecule has 0 saturated carbocycles. The van der Waals surface area contributed by atoms with E-state index in [0.717, 1.165) is 22.7 Å². The largest absolute Gasteiger partial charge is 0.454 e. The molecular weight excluding hydrogens is 561 g/mol. The molecule has 0 fully saturated rings. The maximum atomic E-state index is 14.9. The normalized spacial score (nSPS) is 12.9. The van der Waals surface area contributed by atoms with Gasteiger partial charge in [0.25, 0.3) is 0 Å².